The third-order valence-electron chi connectivity index (χ3n) is 0. The van der Waals surface area contributed by atoms with Crippen molar-refractivity contribution in [1.82, 2.24) is 0 Å². The summed E-state index contributed by atoms with van der Waals surface area (Å²) in [5.74, 6) is 0. The Hall–Kier alpha value is 1.17. The van der Waals surface area contributed by atoms with Gasteiger partial charge < -0.3 is 16.1 Å². The van der Waals surface area contributed by atoms with E-state index in [1.165, 1.54) is 0 Å². The normalized spacial score (nSPS) is 8.43. The van der Waals surface area contributed by atoms with E-state index in [0.29, 0.717) is 0 Å². The van der Waals surface area contributed by atoms with E-state index >= 15 is 0 Å². The molecule has 0 aromatic rings. The van der Waals surface area contributed by atoms with Crippen molar-refractivity contribution in [3.05, 3.63) is 0 Å². The number of rotatable bonds is 0. The van der Waals surface area contributed by atoms with Gasteiger partial charge in [0.05, 0.1) is 0 Å². The molecule has 0 bridgehead atoms. The fraction of sp³-hybridized carbons (Fsp3) is 0. The minimum atomic E-state index is -4.64. The molecule has 0 heterocycles. The zero-order chi connectivity index (χ0) is 4.50. The predicted molar refractivity (Wildman–Crippen MR) is 21.1 cm³/mol. The monoisotopic (exact) mass is 133 g/mol. The molecule has 0 aliphatic rings. The molecule has 0 atom stereocenters. The van der Waals surface area contributed by atoms with Gasteiger partial charge in [0.25, 0.3) is 0 Å². The van der Waals surface area contributed by atoms with Crippen molar-refractivity contribution < 1.29 is 50.2 Å². The van der Waals surface area contributed by atoms with Gasteiger partial charge in [0, 0.05) is 8.41 Å². The molecule has 0 aromatic heterocycles. The van der Waals surface area contributed by atoms with Gasteiger partial charge in [-0.05, 0) is 0 Å². The molecule has 0 amide bonds. The predicted octanol–water partition coefficient (Wildman–Crippen LogP) is -4.19. The maximum atomic E-state index is 8.88. The van der Waals surface area contributed by atoms with Crippen LogP contribution in [0.3, 0.4) is 0 Å². The Bertz CT molecular complexity index is 62.2. The molecule has 0 aliphatic carbocycles. The second-order valence-corrected chi connectivity index (χ2v) is 1.54. The van der Waals surface area contributed by atoms with Crippen LogP contribution in [-0.4, -0.2) is 23.1 Å². The van der Waals surface area contributed by atoms with Gasteiger partial charge >= 0.3 is 37.4 Å². The molecule has 3 N–H and O–H groups in total. The molecule has 7 heteroatoms. The molecule has 3 radical (unpaired) electrons. The Morgan fingerprint density at radius 3 is 1.29 bits per heavy atom. The second kappa shape index (κ2) is 5.31. The maximum Gasteiger partial charge on any atom is 1.00 e. The molecule has 0 rings (SSSR count). The van der Waals surface area contributed by atoms with Crippen molar-refractivity contribution in [1.29, 1.82) is 0 Å². The Morgan fingerprint density at radius 1 is 1.29 bits per heavy atom. The van der Waals surface area contributed by atoms with Crippen LogP contribution in [0.1, 0.15) is 1.43 Å². The van der Waals surface area contributed by atoms with E-state index in [9.17, 15) is 0 Å². The number of phosphoric acid groups is 1. The summed E-state index contributed by atoms with van der Waals surface area (Å²) in [6, 6.07) is 0. The standard InChI is InChI=1S/B.Na.H3O4P.H/c;;1-5(2,3)4;/h;;(H3,1,2,3,4);/q;+1;;-1. The zero-order valence-corrected chi connectivity index (χ0v) is 6.67. The van der Waals surface area contributed by atoms with Crippen molar-refractivity contribution >= 4 is 16.2 Å². The van der Waals surface area contributed by atoms with Gasteiger partial charge in [-0.1, -0.05) is 0 Å². The largest absolute Gasteiger partial charge is 1.00 e. The van der Waals surface area contributed by atoms with Gasteiger partial charge in [-0.25, -0.2) is 4.57 Å². The van der Waals surface area contributed by atoms with Gasteiger partial charge in [0.1, 0.15) is 0 Å². The third kappa shape index (κ3) is 139. The molecule has 0 saturated heterocycles. The van der Waals surface area contributed by atoms with Crippen LogP contribution in [0.2, 0.25) is 0 Å². The molecular formula is H4BNaO4P. The van der Waals surface area contributed by atoms with E-state index in [0.717, 1.165) is 0 Å². The third-order valence-corrected chi connectivity index (χ3v) is 0. The van der Waals surface area contributed by atoms with Gasteiger partial charge in [-0.3, -0.25) is 0 Å². The van der Waals surface area contributed by atoms with Crippen molar-refractivity contribution in [3.63, 3.8) is 0 Å². The smallest absolute Gasteiger partial charge is 1.00 e. The fourth-order valence-corrected chi connectivity index (χ4v) is 0. The average molecular weight is 133 g/mol. The summed E-state index contributed by atoms with van der Waals surface area (Å²) in [7, 11) is -4.64. The van der Waals surface area contributed by atoms with Crippen LogP contribution >= 0.6 is 7.82 Å². The molecule has 0 spiro atoms. The van der Waals surface area contributed by atoms with Crippen LogP contribution in [0.25, 0.3) is 0 Å². The maximum absolute atomic E-state index is 8.88. The average Bonchev–Trinajstić information content (AvgIpc) is 0.722. The van der Waals surface area contributed by atoms with Crippen LogP contribution in [-0.2, 0) is 4.57 Å². The van der Waals surface area contributed by atoms with E-state index < -0.39 is 7.82 Å². The summed E-state index contributed by atoms with van der Waals surface area (Å²) in [4.78, 5) is 21.6. The van der Waals surface area contributed by atoms with Crippen molar-refractivity contribution in [3.8, 4) is 0 Å². The summed E-state index contributed by atoms with van der Waals surface area (Å²) in [6.07, 6.45) is 0. The zero-order valence-electron chi connectivity index (χ0n) is 4.77. The van der Waals surface area contributed by atoms with Crippen LogP contribution < -0.4 is 29.6 Å². The summed E-state index contributed by atoms with van der Waals surface area (Å²) in [6.45, 7) is 0. The van der Waals surface area contributed by atoms with Crippen LogP contribution in [0.4, 0.5) is 0 Å². The van der Waals surface area contributed by atoms with E-state index in [1.54, 1.807) is 0 Å². The minimum absolute atomic E-state index is 0. The first-order valence-corrected chi connectivity index (χ1v) is 2.35. The van der Waals surface area contributed by atoms with E-state index in [1.807, 2.05) is 0 Å². The first-order valence-electron chi connectivity index (χ1n) is 0.783. The minimum Gasteiger partial charge on any atom is -1.00 e. The first-order chi connectivity index (χ1) is 2.00. The summed E-state index contributed by atoms with van der Waals surface area (Å²) < 4.78 is 8.88. The van der Waals surface area contributed by atoms with Crippen LogP contribution in [0.15, 0.2) is 0 Å². The molecule has 7 heavy (non-hydrogen) atoms. The van der Waals surface area contributed by atoms with Gasteiger partial charge in [0.15, 0.2) is 0 Å². The first kappa shape index (κ1) is 15.7. The van der Waals surface area contributed by atoms with Crippen molar-refractivity contribution in [2.45, 2.75) is 0 Å². The van der Waals surface area contributed by atoms with Gasteiger partial charge in [-0.15, -0.1) is 0 Å². The SMILES string of the molecule is O=P(O)(O)O.[B].[H-].[Na+]. The Morgan fingerprint density at radius 2 is 1.29 bits per heavy atom. The Labute approximate surface area is 66.5 Å². The van der Waals surface area contributed by atoms with Crippen molar-refractivity contribution in [2.75, 3.05) is 0 Å². The second-order valence-electron chi connectivity index (χ2n) is 0.513. The van der Waals surface area contributed by atoms with E-state index in [-0.39, 0.29) is 39.4 Å². The number of hydrogen-bond donors (Lipinski definition) is 3. The molecule has 0 aromatic carbocycles. The molecule has 0 saturated carbocycles. The van der Waals surface area contributed by atoms with E-state index in [4.69, 9.17) is 19.2 Å². The molecule has 0 aliphatic heterocycles. The van der Waals surface area contributed by atoms with E-state index in [2.05, 4.69) is 0 Å². The van der Waals surface area contributed by atoms with Crippen LogP contribution in [0, 0.1) is 0 Å². The van der Waals surface area contributed by atoms with Gasteiger partial charge in [-0.2, -0.15) is 0 Å². The summed E-state index contributed by atoms with van der Waals surface area (Å²) in [5, 5.41) is 0. The Balaban J connectivity index is -0.0000000267. The summed E-state index contributed by atoms with van der Waals surface area (Å²) in [5.41, 5.74) is 0. The molecular weight excluding hydrogens is 129 g/mol. The summed E-state index contributed by atoms with van der Waals surface area (Å²) >= 11 is 0. The Kier molecular flexibility index (Phi) is 11.9. The van der Waals surface area contributed by atoms with Crippen molar-refractivity contribution in [2.24, 2.45) is 0 Å². The quantitative estimate of drug-likeness (QED) is 0.231. The molecule has 37 valence electrons. The number of hydrogen-bond acceptors (Lipinski definition) is 1. The molecule has 4 nitrogen and oxygen atoms in total. The van der Waals surface area contributed by atoms with Gasteiger partial charge in [0.2, 0.25) is 0 Å². The van der Waals surface area contributed by atoms with Crippen LogP contribution in [0.5, 0.6) is 0 Å². The fourth-order valence-electron chi connectivity index (χ4n) is 0. The topological polar surface area (TPSA) is 77.8 Å². The molecule has 0 unspecified atom stereocenters. The molecule has 0 fully saturated rings.